The van der Waals surface area contributed by atoms with E-state index >= 15 is 0 Å². The van der Waals surface area contributed by atoms with Crippen LogP contribution in [0.4, 0.5) is 23.0 Å². The van der Waals surface area contributed by atoms with Crippen LogP contribution in [0.3, 0.4) is 0 Å². The maximum Gasteiger partial charge on any atom is 0.353 e. The van der Waals surface area contributed by atoms with Gasteiger partial charge in [-0.05, 0) is 31.0 Å². The van der Waals surface area contributed by atoms with Gasteiger partial charge in [-0.2, -0.15) is 0 Å². The summed E-state index contributed by atoms with van der Waals surface area (Å²) in [4.78, 5) is 21.4. The van der Waals surface area contributed by atoms with Crippen molar-refractivity contribution in [3.63, 3.8) is 0 Å². The van der Waals surface area contributed by atoms with Crippen LogP contribution in [0.5, 0.6) is 0 Å². The number of benzene rings is 1. The predicted molar refractivity (Wildman–Crippen MR) is 99.1 cm³/mol. The highest BCUT2D eigenvalue weighted by Gasteiger charge is 2.27. The number of rotatable bonds is 4. The van der Waals surface area contributed by atoms with Gasteiger partial charge in [0.15, 0.2) is 0 Å². The van der Waals surface area contributed by atoms with E-state index in [4.69, 9.17) is 23.2 Å². The molecule has 2 aromatic rings. The second kappa shape index (κ2) is 7.84. The first kappa shape index (κ1) is 17.7. The van der Waals surface area contributed by atoms with Gasteiger partial charge in [-0.15, -0.1) is 0 Å². The Hall–Kier alpha value is -2.12. The molecule has 9 heteroatoms. The van der Waals surface area contributed by atoms with Gasteiger partial charge >= 0.3 is 5.69 Å². The molecular weight excluding hydrogens is 365 g/mol. The van der Waals surface area contributed by atoms with Crippen molar-refractivity contribution in [3.05, 3.63) is 44.7 Å². The Balaban J connectivity index is 2.00. The lowest BCUT2D eigenvalue weighted by molar-refractivity contribution is -0.383. The zero-order chi connectivity index (χ0) is 17.8. The molecule has 7 nitrogen and oxygen atoms in total. The lowest BCUT2D eigenvalue weighted by Gasteiger charge is -2.21. The highest BCUT2D eigenvalue weighted by molar-refractivity contribution is 6.35. The van der Waals surface area contributed by atoms with E-state index in [-0.39, 0.29) is 11.5 Å². The maximum atomic E-state index is 11.7. The van der Waals surface area contributed by atoms with Gasteiger partial charge in [-0.25, -0.2) is 9.97 Å². The number of nitrogens with zero attached hydrogens (tertiary/aromatic N) is 4. The molecule has 1 N–H and O–H groups in total. The highest BCUT2D eigenvalue weighted by Crippen LogP contribution is 2.36. The molecule has 0 spiro atoms. The summed E-state index contributed by atoms with van der Waals surface area (Å²) in [6.45, 7) is 1.49. The summed E-state index contributed by atoms with van der Waals surface area (Å²) >= 11 is 12.1. The van der Waals surface area contributed by atoms with Crippen LogP contribution in [-0.4, -0.2) is 28.0 Å². The van der Waals surface area contributed by atoms with E-state index in [0.717, 1.165) is 38.8 Å². The Morgan fingerprint density at radius 2 is 1.84 bits per heavy atom. The van der Waals surface area contributed by atoms with Crippen LogP contribution in [0.25, 0.3) is 0 Å². The Morgan fingerprint density at radius 1 is 1.12 bits per heavy atom. The summed E-state index contributed by atoms with van der Waals surface area (Å²) in [6.07, 6.45) is 5.55. The maximum absolute atomic E-state index is 11.7. The molecule has 1 aliphatic heterocycles. The molecule has 0 saturated carbocycles. The van der Waals surface area contributed by atoms with Crippen molar-refractivity contribution in [2.24, 2.45) is 0 Å². The summed E-state index contributed by atoms with van der Waals surface area (Å²) in [5.74, 6) is 0.436. The molecule has 0 aliphatic carbocycles. The van der Waals surface area contributed by atoms with E-state index in [2.05, 4.69) is 15.3 Å². The van der Waals surface area contributed by atoms with Gasteiger partial charge in [0.2, 0.25) is 11.6 Å². The number of aromatic nitrogens is 2. The third-order valence-corrected chi connectivity index (χ3v) is 4.64. The zero-order valence-corrected chi connectivity index (χ0v) is 14.9. The summed E-state index contributed by atoms with van der Waals surface area (Å²) < 4.78 is 0. The van der Waals surface area contributed by atoms with Crippen molar-refractivity contribution in [3.8, 4) is 0 Å². The number of nitrogens with one attached hydrogen (secondary N) is 1. The van der Waals surface area contributed by atoms with Gasteiger partial charge < -0.3 is 10.2 Å². The van der Waals surface area contributed by atoms with E-state index in [1.165, 1.54) is 6.33 Å². The quantitative estimate of drug-likeness (QED) is 0.603. The Bertz CT molecular complexity index is 779. The van der Waals surface area contributed by atoms with Crippen LogP contribution in [0.2, 0.25) is 10.0 Å². The van der Waals surface area contributed by atoms with Crippen LogP contribution in [0.1, 0.15) is 25.7 Å². The standard InChI is InChI=1S/C16H17Cl2N5O2/c17-11-5-6-12(18)13(9-11)21-15-14(23(24)25)16(20-10-19-15)22-7-3-1-2-4-8-22/h5-6,9-10H,1-4,7-8H2,(H,19,20,21). The first-order chi connectivity index (χ1) is 12.1. The molecule has 3 rings (SSSR count). The molecule has 1 fully saturated rings. The summed E-state index contributed by atoms with van der Waals surface area (Å²) in [6, 6.07) is 4.86. The van der Waals surface area contributed by atoms with E-state index < -0.39 is 4.92 Å². The molecule has 0 amide bonds. The minimum Gasteiger partial charge on any atom is -0.351 e. The molecular formula is C16H17Cl2N5O2. The molecule has 132 valence electrons. The van der Waals surface area contributed by atoms with Crippen molar-refractivity contribution >= 4 is 46.2 Å². The fourth-order valence-electron chi connectivity index (χ4n) is 2.86. The molecule has 0 radical (unpaired) electrons. The van der Waals surface area contributed by atoms with Crippen molar-refractivity contribution in [2.45, 2.75) is 25.7 Å². The van der Waals surface area contributed by atoms with Crippen molar-refractivity contribution < 1.29 is 4.92 Å². The molecule has 1 saturated heterocycles. The molecule has 1 aromatic heterocycles. The van der Waals surface area contributed by atoms with Crippen LogP contribution >= 0.6 is 23.2 Å². The van der Waals surface area contributed by atoms with Crippen LogP contribution < -0.4 is 10.2 Å². The highest BCUT2D eigenvalue weighted by atomic mass is 35.5. The van der Waals surface area contributed by atoms with Gasteiger partial charge in [0.25, 0.3) is 0 Å². The monoisotopic (exact) mass is 381 g/mol. The lowest BCUT2D eigenvalue weighted by Crippen LogP contribution is -2.26. The van der Waals surface area contributed by atoms with Gasteiger partial charge in [-0.1, -0.05) is 36.0 Å². The number of hydrogen-bond donors (Lipinski definition) is 1. The number of anilines is 3. The first-order valence-electron chi connectivity index (χ1n) is 8.02. The number of nitro groups is 1. The third-order valence-electron chi connectivity index (χ3n) is 4.07. The van der Waals surface area contributed by atoms with E-state index in [0.29, 0.717) is 21.6 Å². The van der Waals surface area contributed by atoms with Gasteiger partial charge in [-0.3, -0.25) is 10.1 Å². The topological polar surface area (TPSA) is 84.2 Å². The largest absolute Gasteiger partial charge is 0.353 e. The van der Waals surface area contributed by atoms with Crippen LogP contribution in [-0.2, 0) is 0 Å². The Kier molecular flexibility index (Phi) is 5.55. The fraction of sp³-hybridized carbons (Fsp3) is 0.375. The van der Waals surface area contributed by atoms with E-state index in [1.54, 1.807) is 18.2 Å². The SMILES string of the molecule is O=[N+]([O-])c1c(Nc2cc(Cl)ccc2Cl)ncnc1N1CCCCCC1. The van der Waals surface area contributed by atoms with Crippen LogP contribution in [0, 0.1) is 10.1 Å². The summed E-state index contributed by atoms with van der Waals surface area (Å²) in [5, 5.41) is 15.5. The smallest absolute Gasteiger partial charge is 0.351 e. The van der Waals surface area contributed by atoms with Crippen LogP contribution in [0.15, 0.2) is 24.5 Å². The molecule has 0 atom stereocenters. The van der Waals surface area contributed by atoms with Gasteiger partial charge in [0.05, 0.1) is 15.6 Å². The number of halogens is 2. The fourth-order valence-corrected chi connectivity index (χ4v) is 3.20. The molecule has 0 unspecified atom stereocenters. The minimum atomic E-state index is -0.457. The van der Waals surface area contributed by atoms with Crippen molar-refractivity contribution in [1.29, 1.82) is 0 Å². The van der Waals surface area contributed by atoms with Crippen molar-refractivity contribution in [1.82, 2.24) is 9.97 Å². The van der Waals surface area contributed by atoms with Gasteiger partial charge in [0.1, 0.15) is 6.33 Å². The second-order valence-electron chi connectivity index (χ2n) is 5.80. The minimum absolute atomic E-state index is 0.100. The molecule has 0 bridgehead atoms. The zero-order valence-electron chi connectivity index (χ0n) is 13.4. The third kappa shape index (κ3) is 4.11. The number of hydrogen-bond acceptors (Lipinski definition) is 6. The molecule has 1 aliphatic rings. The van der Waals surface area contributed by atoms with Crippen molar-refractivity contribution in [2.75, 3.05) is 23.3 Å². The average molecular weight is 382 g/mol. The van der Waals surface area contributed by atoms with E-state index in [1.807, 2.05) is 4.90 Å². The lowest BCUT2D eigenvalue weighted by atomic mass is 10.2. The average Bonchev–Trinajstić information content (AvgIpc) is 2.87. The molecule has 25 heavy (non-hydrogen) atoms. The van der Waals surface area contributed by atoms with E-state index in [9.17, 15) is 10.1 Å². The first-order valence-corrected chi connectivity index (χ1v) is 8.78. The normalized spacial score (nSPS) is 14.9. The Labute approximate surface area is 155 Å². The predicted octanol–water partition coefficient (Wildman–Crippen LogP) is 4.82. The Morgan fingerprint density at radius 3 is 2.52 bits per heavy atom. The molecule has 1 aromatic carbocycles. The summed E-state index contributed by atoms with van der Waals surface area (Å²) in [5.41, 5.74) is 0.304. The second-order valence-corrected chi connectivity index (χ2v) is 6.65. The summed E-state index contributed by atoms with van der Waals surface area (Å²) in [7, 11) is 0. The molecule has 2 heterocycles. The van der Waals surface area contributed by atoms with Gasteiger partial charge in [0, 0.05) is 18.1 Å².